The number of nitrogens with zero attached hydrogens (tertiary/aromatic N) is 3. The first-order valence-electron chi connectivity index (χ1n) is 7.60. The van der Waals surface area contributed by atoms with Crippen molar-refractivity contribution in [3.63, 3.8) is 0 Å². The molecule has 6 nitrogen and oxygen atoms in total. The van der Waals surface area contributed by atoms with Gasteiger partial charge < -0.3 is 14.4 Å². The molecule has 3 rings (SSSR count). The summed E-state index contributed by atoms with van der Waals surface area (Å²) in [5.74, 6) is -0.0280. The van der Waals surface area contributed by atoms with Crippen LogP contribution < -0.4 is 0 Å². The molecule has 0 unspecified atom stereocenters. The molecule has 0 radical (unpaired) electrons. The molecule has 2 atom stereocenters. The molecular formula is C15H23N3O3. The van der Waals surface area contributed by atoms with Gasteiger partial charge in [-0.05, 0) is 32.8 Å². The van der Waals surface area contributed by atoms with Crippen molar-refractivity contribution in [3.8, 4) is 0 Å². The van der Waals surface area contributed by atoms with Crippen LogP contribution in [0.2, 0.25) is 0 Å². The number of methoxy groups -OCH3 is 1. The van der Waals surface area contributed by atoms with Crippen LogP contribution in [0.4, 0.5) is 0 Å². The van der Waals surface area contributed by atoms with E-state index in [0.29, 0.717) is 18.8 Å². The van der Waals surface area contributed by atoms with Gasteiger partial charge in [0.1, 0.15) is 11.7 Å². The zero-order valence-corrected chi connectivity index (χ0v) is 13.0. The molecule has 1 amide bonds. The Hall–Kier alpha value is -1.40. The highest BCUT2D eigenvalue weighted by molar-refractivity contribution is 5.92. The van der Waals surface area contributed by atoms with Gasteiger partial charge in [0.15, 0.2) is 5.69 Å². The predicted molar refractivity (Wildman–Crippen MR) is 77.3 cm³/mol. The Morgan fingerprint density at radius 3 is 3.00 bits per heavy atom. The molecule has 1 aromatic rings. The first-order valence-corrected chi connectivity index (χ1v) is 7.60. The summed E-state index contributed by atoms with van der Waals surface area (Å²) in [7, 11) is 1.69. The topological polar surface area (TPSA) is 56.6 Å². The molecule has 0 aromatic carbocycles. The minimum absolute atomic E-state index is 0.0280. The van der Waals surface area contributed by atoms with Crippen molar-refractivity contribution in [2.24, 2.45) is 0 Å². The maximum Gasteiger partial charge on any atom is 0.274 e. The van der Waals surface area contributed by atoms with Gasteiger partial charge in [-0.1, -0.05) is 0 Å². The fourth-order valence-electron chi connectivity index (χ4n) is 3.49. The SMILES string of the molecule is CCn1nc(C(=O)N2C[C@H](OC)[C@]3(CCCO3)C2)cc1C. The highest BCUT2D eigenvalue weighted by Gasteiger charge is 2.51. The average Bonchev–Trinajstić information content (AvgIpc) is 3.18. The van der Waals surface area contributed by atoms with Gasteiger partial charge in [-0.2, -0.15) is 5.10 Å². The number of carbonyl (C=O) groups is 1. The standard InChI is InChI=1S/C15H23N3O3/c1-4-18-11(2)8-12(16-18)14(19)17-9-13(20-3)15(10-17)6-5-7-21-15/h8,13H,4-7,9-10H2,1-3H3/t13-,15-/m0/s1. The molecular weight excluding hydrogens is 270 g/mol. The molecule has 0 N–H and O–H groups in total. The van der Waals surface area contributed by atoms with E-state index in [1.807, 2.05) is 29.5 Å². The number of likely N-dealkylation sites (tertiary alicyclic amines) is 1. The van der Waals surface area contributed by atoms with Crippen molar-refractivity contribution >= 4 is 5.91 Å². The van der Waals surface area contributed by atoms with Crippen LogP contribution in [0.3, 0.4) is 0 Å². The second kappa shape index (κ2) is 5.42. The van der Waals surface area contributed by atoms with Gasteiger partial charge in [0.2, 0.25) is 0 Å². The third kappa shape index (κ3) is 2.36. The lowest BCUT2D eigenvalue weighted by atomic mass is 9.96. The third-order valence-electron chi connectivity index (χ3n) is 4.64. The molecule has 0 bridgehead atoms. The quantitative estimate of drug-likeness (QED) is 0.841. The highest BCUT2D eigenvalue weighted by atomic mass is 16.6. The Morgan fingerprint density at radius 1 is 1.62 bits per heavy atom. The summed E-state index contributed by atoms with van der Waals surface area (Å²) >= 11 is 0. The van der Waals surface area contributed by atoms with Crippen LogP contribution in [-0.2, 0) is 16.0 Å². The van der Waals surface area contributed by atoms with E-state index in [-0.39, 0.29) is 17.6 Å². The van der Waals surface area contributed by atoms with Crippen molar-refractivity contribution in [3.05, 3.63) is 17.5 Å². The molecule has 6 heteroatoms. The Labute approximate surface area is 125 Å². The number of rotatable bonds is 3. The second-order valence-corrected chi connectivity index (χ2v) is 5.91. The number of aromatic nitrogens is 2. The largest absolute Gasteiger partial charge is 0.377 e. The van der Waals surface area contributed by atoms with E-state index in [4.69, 9.17) is 9.47 Å². The minimum Gasteiger partial charge on any atom is -0.377 e. The van der Waals surface area contributed by atoms with Gasteiger partial charge in [-0.3, -0.25) is 9.48 Å². The van der Waals surface area contributed by atoms with Gasteiger partial charge in [0, 0.05) is 26.0 Å². The van der Waals surface area contributed by atoms with Crippen molar-refractivity contribution in [1.29, 1.82) is 0 Å². The van der Waals surface area contributed by atoms with Crippen LogP contribution in [0, 0.1) is 6.92 Å². The van der Waals surface area contributed by atoms with Crippen LogP contribution in [0.1, 0.15) is 35.9 Å². The number of ether oxygens (including phenoxy) is 2. The molecule has 116 valence electrons. The first kappa shape index (κ1) is 14.5. The van der Waals surface area contributed by atoms with E-state index in [1.165, 1.54) is 0 Å². The van der Waals surface area contributed by atoms with Crippen molar-refractivity contribution in [2.45, 2.75) is 44.9 Å². The highest BCUT2D eigenvalue weighted by Crippen LogP contribution is 2.37. The molecule has 1 spiro atoms. The van der Waals surface area contributed by atoms with Crippen molar-refractivity contribution < 1.29 is 14.3 Å². The van der Waals surface area contributed by atoms with E-state index in [2.05, 4.69) is 5.10 Å². The number of amides is 1. The van der Waals surface area contributed by atoms with Gasteiger partial charge in [-0.25, -0.2) is 0 Å². The van der Waals surface area contributed by atoms with Gasteiger partial charge in [-0.15, -0.1) is 0 Å². The summed E-state index contributed by atoms with van der Waals surface area (Å²) in [6.45, 7) is 6.69. The normalized spacial score (nSPS) is 28.7. The summed E-state index contributed by atoms with van der Waals surface area (Å²) in [5, 5.41) is 4.38. The monoisotopic (exact) mass is 293 g/mol. The van der Waals surface area contributed by atoms with Crippen LogP contribution in [-0.4, -0.2) is 59.1 Å². The van der Waals surface area contributed by atoms with Crippen LogP contribution in [0.15, 0.2) is 6.07 Å². The Bertz CT molecular complexity index is 534. The van der Waals surface area contributed by atoms with Gasteiger partial charge in [0.25, 0.3) is 5.91 Å². The summed E-state index contributed by atoms with van der Waals surface area (Å²) in [4.78, 5) is 14.5. The van der Waals surface area contributed by atoms with E-state index in [9.17, 15) is 4.79 Å². The molecule has 2 aliphatic heterocycles. The smallest absolute Gasteiger partial charge is 0.274 e. The molecule has 2 aliphatic rings. The second-order valence-electron chi connectivity index (χ2n) is 5.91. The third-order valence-corrected chi connectivity index (χ3v) is 4.64. The fraction of sp³-hybridized carbons (Fsp3) is 0.733. The molecule has 21 heavy (non-hydrogen) atoms. The maximum absolute atomic E-state index is 12.7. The number of carbonyl (C=O) groups excluding carboxylic acids is 1. The van der Waals surface area contributed by atoms with Crippen LogP contribution in [0.5, 0.6) is 0 Å². The maximum atomic E-state index is 12.7. The zero-order chi connectivity index (χ0) is 15.0. The van der Waals surface area contributed by atoms with E-state index in [1.54, 1.807) is 7.11 Å². The summed E-state index contributed by atoms with van der Waals surface area (Å²) in [5.41, 5.74) is 1.21. The van der Waals surface area contributed by atoms with E-state index >= 15 is 0 Å². The minimum atomic E-state index is -0.313. The number of aryl methyl sites for hydroxylation is 2. The zero-order valence-electron chi connectivity index (χ0n) is 13.0. The molecule has 2 fully saturated rings. The van der Waals surface area contributed by atoms with Gasteiger partial charge >= 0.3 is 0 Å². The van der Waals surface area contributed by atoms with Gasteiger partial charge in [0.05, 0.1) is 13.1 Å². The fourth-order valence-corrected chi connectivity index (χ4v) is 3.49. The average molecular weight is 293 g/mol. The summed E-state index contributed by atoms with van der Waals surface area (Å²) in [6, 6.07) is 1.86. The molecule has 2 saturated heterocycles. The summed E-state index contributed by atoms with van der Waals surface area (Å²) in [6.07, 6.45) is 1.95. The molecule has 1 aromatic heterocycles. The Kier molecular flexibility index (Phi) is 3.75. The van der Waals surface area contributed by atoms with E-state index in [0.717, 1.165) is 31.7 Å². The Balaban J connectivity index is 1.79. The van der Waals surface area contributed by atoms with Crippen LogP contribution in [0.25, 0.3) is 0 Å². The van der Waals surface area contributed by atoms with Crippen molar-refractivity contribution in [1.82, 2.24) is 14.7 Å². The lowest BCUT2D eigenvalue weighted by Crippen LogP contribution is -2.42. The summed E-state index contributed by atoms with van der Waals surface area (Å²) < 4.78 is 13.3. The van der Waals surface area contributed by atoms with Crippen LogP contribution >= 0.6 is 0 Å². The van der Waals surface area contributed by atoms with E-state index < -0.39 is 0 Å². The predicted octanol–water partition coefficient (Wildman–Crippen LogP) is 1.23. The molecule has 3 heterocycles. The number of hydrogen-bond acceptors (Lipinski definition) is 4. The molecule has 0 aliphatic carbocycles. The number of hydrogen-bond donors (Lipinski definition) is 0. The molecule has 0 saturated carbocycles. The Morgan fingerprint density at radius 2 is 2.43 bits per heavy atom. The lowest BCUT2D eigenvalue weighted by molar-refractivity contribution is -0.0754. The van der Waals surface area contributed by atoms with Crippen molar-refractivity contribution in [2.75, 3.05) is 26.8 Å². The lowest BCUT2D eigenvalue weighted by Gasteiger charge is -2.27. The first-order chi connectivity index (χ1) is 10.1.